The lowest BCUT2D eigenvalue weighted by molar-refractivity contribution is 0.674. The van der Waals surface area contributed by atoms with Crippen LogP contribution in [-0.4, -0.2) is 19.5 Å². The van der Waals surface area contributed by atoms with Gasteiger partial charge in [0.1, 0.15) is 11.2 Å². The molecule has 62 heavy (non-hydrogen) atoms. The van der Waals surface area contributed by atoms with Crippen molar-refractivity contribution in [1.29, 1.82) is 0 Å². The summed E-state index contributed by atoms with van der Waals surface area (Å²) in [6, 6.07) is 72.7. The molecule has 0 saturated carbocycles. The fourth-order valence-electron chi connectivity index (χ4n) is 9.53. The van der Waals surface area contributed by atoms with Gasteiger partial charge in [-0.1, -0.05) is 164 Å². The third-order valence-corrected chi connectivity index (χ3v) is 12.4. The Bertz CT molecular complexity index is 3930. The van der Waals surface area contributed by atoms with Gasteiger partial charge in [-0.2, -0.15) is 0 Å². The van der Waals surface area contributed by atoms with Crippen molar-refractivity contribution in [3.05, 3.63) is 206 Å². The Labute approximate surface area is 355 Å². The number of fused-ring (bicyclic) bond motifs is 10. The van der Waals surface area contributed by atoms with E-state index in [1.54, 1.807) is 0 Å². The molecule has 0 aliphatic carbocycles. The van der Waals surface area contributed by atoms with Crippen molar-refractivity contribution in [3.8, 4) is 51.0 Å². The molecule has 5 heteroatoms. The van der Waals surface area contributed by atoms with Crippen LogP contribution in [0.3, 0.4) is 0 Å². The van der Waals surface area contributed by atoms with E-state index < -0.39 is 0 Å². The molecule has 0 unspecified atom stereocenters. The summed E-state index contributed by atoms with van der Waals surface area (Å²) in [6.07, 6.45) is 0. The van der Waals surface area contributed by atoms with Crippen LogP contribution in [0, 0.1) is 0 Å². The standard InChI is InChI=1S/C57H34N4O/c1-2-17-41(18-3-1)61-50-25-9-8-20-48(50)52-43(21-12-26-51(52)61)44-22-11-23-45-46-32-31-37-28-30-40(34-49(37)54(46)62-53(44)45)56-58-55(39-29-27-35-13-4-5-15-38(35)33-39)59-57(60-56)47-24-10-16-36-14-6-7-19-42(36)47/h1-34H. The zero-order valence-electron chi connectivity index (χ0n) is 33.3. The first-order valence-electron chi connectivity index (χ1n) is 20.9. The van der Waals surface area contributed by atoms with E-state index in [0.717, 1.165) is 87.9 Å². The van der Waals surface area contributed by atoms with Gasteiger partial charge in [-0.15, -0.1) is 0 Å². The summed E-state index contributed by atoms with van der Waals surface area (Å²) in [5, 5.41) is 11.1. The smallest absolute Gasteiger partial charge is 0.164 e. The number of furan rings is 1. The van der Waals surface area contributed by atoms with Crippen molar-refractivity contribution in [2.75, 3.05) is 0 Å². The van der Waals surface area contributed by atoms with E-state index >= 15 is 0 Å². The van der Waals surface area contributed by atoms with Gasteiger partial charge in [0.15, 0.2) is 17.5 Å². The van der Waals surface area contributed by atoms with Gasteiger partial charge in [0.25, 0.3) is 0 Å². The predicted molar refractivity (Wildman–Crippen MR) is 256 cm³/mol. The highest BCUT2D eigenvalue weighted by Gasteiger charge is 2.21. The van der Waals surface area contributed by atoms with E-state index in [4.69, 9.17) is 19.4 Å². The van der Waals surface area contributed by atoms with Crippen LogP contribution in [0.15, 0.2) is 211 Å². The van der Waals surface area contributed by atoms with Crippen LogP contribution in [0.1, 0.15) is 0 Å². The summed E-state index contributed by atoms with van der Waals surface area (Å²) < 4.78 is 9.47. The lowest BCUT2D eigenvalue weighted by Gasteiger charge is -2.11. The van der Waals surface area contributed by atoms with E-state index in [1.165, 1.54) is 21.7 Å². The Hall–Kier alpha value is -8.41. The molecule has 288 valence electrons. The highest BCUT2D eigenvalue weighted by atomic mass is 16.3. The second-order valence-corrected chi connectivity index (χ2v) is 15.9. The molecule has 0 N–H and O–H groups in total. The summed E-state index contributed by atoms with van der Waals surface area (Å²) in [4.78, 5) is 15.6. The number of rotatable bonds is 5. The van der Waals surface area contributed by atoms with Crippen LogP contribution >= 0.6 is 0 Å². The van der Waals surface area contributed by atoms with E-state index in [2.05, 4.69) is 211 Å². The first-order chi connectivity index (χ1) is 30.7. The minimum absolute atomic E-state index is 0.600. The second kappa shape index (κ2) is 13.6. The number of hydrogen-bond acceptors (Lipinski definition) is 4. The first kappa shape index (κ1) is 34.5. The maximum Gasteiger partial charge on any atom is 0.164 e. The topological polar surface area (TPSA) is 56.7 Å². The fraction of sp³-hybridized carbons (Fsp3) is 0. The average molecular weight is 791 g/mol. The molecule has 13 aromatic rings. The normalized spacial score (nSPS) is 11.9. The summed E-state index contributed by atoms with van der Waals surface area (Å²) in [5.41, 5.74) is 10.1. The van der Waals surface area contributed by atoms with Crippen molar-refractivity contribution in [1.82, 2.24) is 19.5 Å². The molecule has 13 rings (SSSR count). The lowest BCUT2D eigenvalue weighted by atomic mass is 9.97. The van der Waals surface area contributed by atoms with Gasteiger partial charge >= 0.3 is 0 Å². The zero-order chi connectivity index (χ0) is 40.7. The Morgan fingerprint density at radius 3 is 1.76 bits per heavy atom. The van der Waals surface area contributed by atoms with E-state index in [-0.39, 0.29) is 0 Å². The summed E-state index contributed by atoms with van der Waals surface area (Å²) in [6.45, 7) is 0. The molecule has 0 atom stereocenters. The van der Waals surface area contributed by atoms with Gasteiger partial charge in [-0.3, -0.25) is 0 Å². The van der Waals surface area contributed by atoms with Gasteiger partial charge in [0.2, 0.25) is 0 Å². The molecule has 0 spiro atoms. The maximum absolute atomic E-state index is 7.11. The van der Waals surface area contributed by atoms with E-state index in [0.29, 0.717) is 17.5 Å². The van der Waals surface area contributed by atoms with Gasteiger partial charge in [0.05, 0.1) is 11.0 Å². The zero-order valence-corrected chi connectivity index (χ0v) is 33.3. The highest BCUT2D eigenvalue weighted by Crippen LogP contribution is 2.44. The minimum atomic E-state index is 0.600. The van der Waals surface area contributed by atoms with Crippen LogP contribution in [0.2, 0.25) is 0 Å². The molecule has 0 radical (unpaired) electrons. The molecule has 5 nitrogen and oxygen atoms in total. The third kappa shape index (κ3) is 5.32. The summed E-state index contributed by atoms with van der Waals surface area (Å²) in [5.74, 6) is 1.85. The Morgan fingerprint density at radius 1 is 0.323 bits per heavy atom. The molecule has 10 aromatic carbocycles. The highest BCUT2D eigenvalue weighted by molar-refractivity contribution is 6.21. The molecule has 0 fully saturated rings. The number of nitrogens with zero attached hydrogens (tertiary/aromatic N) is 4. The summed E-state index contributed by atoms with van der Waals surface area (Å²) >= 11 is 0. The first-order valence-corrected chi connectivity index (χ1v) is 20.9. The van der Waals surface area contributed by atoms with Crippen LogP contribution in [0.4, 0.5) is 0 Å². The molecule has 3 aromatic heterocycles. The van der Waals surface area contributed by atoms with Crippen LogP contribution in [0.5, 0.6) is 0 Å². The Kier molecular flexibility index (Phi) is 7.54. The molecule has 0 aliphatic heterocycles. The second-order valence-electron chi connectivity index (χ2n) is 15.9. The van der Waals surface area contributed by atoms with Gasteiger partial charge in [-0.25, -0.2) is 15.0 Å². The van der Waals surface area contributed by atoms with Crippen LogP contribution in [-0.2, 0) is 0 Å². The third-order valence-electron chi connectivity index (χ3n) is 12.4. The van der Waals surface area contributed by atoms with E-state index in [9.17, 15) is 0 Å². The van der Waals surface area contributed by atoms with Crippen molar-refractivity contribution >= 4 is 76.1 Å². The summed E-state index contributed by atoms with van der Waals surface area (Å²) in [7, 11) is 0. The van der Waals surface area contributed by atoms with Crippen LogP contribution < -0.4 is 0 Å². The van der Waals surface area contributed by atoms with Crippen molar-refractivity contribution < 1.29 is 4.42 Å². The van der Waals surface area contributed by atoms with Gasteiger partial charge < -0.3 is 8.98 Å². The largest absolute Gasteiger partial charge is 0.455 e. The fourth-order valence-corrected chi connectivity index (χ4v) is 9.53. The minimum Gasteiger partial charge on any atom is -0.455 e. The van der Waals surface area contributed by atoms with Crippen molar-refractivity contribution in [2.24, 2.45) is 0 Å². The molecule has 0 bridgehead atoms. The van der Waals surface area contributed by atoms with Crippen molar-refractivity contribution in [3.63, 3.8) is 0 Å². The quantitative estimate of drug-likeness (QED) is 0.174. The molecule has 3 heterocycles. The lowest BCUT2D eigenvalue weighted by Crippen LogP contribution is -2.00. The Balaban J connectivity index is 1.02. The molecular weight excluding hydrogens is 757 g/mol. The monoisotopic (exact) mass is 790 g/mol. The van der Waals surface area contributed by atoms with Gasteiger partial charge in [0, 0.05) is 54.9 Å². The number of aromatic nitrogens is 4. The average Bonchev–Trinajstić information content (AvgIpc) is 3.90. The number of hydrogen-bond donors (Lipinski definition) is 0. The predicted octanol–water partition coefficient (Wildman–Crippen LogP) is 15.0. The molecule has 0 saturated heterocycles. The van der Waals surface area contributed by atoms with Gasteiger partial charge in [-0.05, 0) is 75.0 Å². The SMILES string of the molecule is c1ccc(-n2c3ccccc3c3c(-c4cccc5c4oc4c6cc(-c7nc(-c8ccc9ccccc9c8)nc(-c8cccc9ccccc89)n7)ccc6ccc54)cccc32)cc1. The Morgan fingerprint density at radius 2 is 0.887 bits per heavy atom. The number of benzene rings is 10. The molecule has 0 aliphatic rings. The number of para-hydroxylation sites is 3. The molecule has 0 amide bonds. The molecular formula is C57H34N4O. The van der Waals surface area contributed by atoms with E-state index in [1.807, 2.05) is 0 Å². The van der Waals surface area contributed by atoms with Crippen LogP contribution in [0.25, 0.3) is 127 Å². The maximum atomic E-state index is 7.11. The van der Waals surface area contributed by atoms with Crippen molar-refractivity contribution in [2.45, 2.75) is 0 Å².